The number of ether oxygens (including phenoxy) is 1. The number of hydrogen-bond donors (Lipinski definition) is 1. The number of rotatable bonds is 2. The molecule has 142 valence electrons. The Kier molecular flexibility index (Phi) is 3.87. The Balaban J connectivity index is 1.30. The number of fused-ring (bicyclic) bond motifs is 6. The summed E-state index contributed by atoms with van der Waals surface area (Å²) in [6, 6.07) is -0.698. The SMILES string of the molecule is CC(C(=O)N1CC[C@@H]2CNC[C@@H]2CC1)N1C(=O)C2C3CCC(O3)C2C1=O. The fourth-order valence-corrected chi connectivity index (χ4v) is 5.93. The molecule has 1 N–H and O–H groups in total. The number of imide groups is 1. The minimum Gasteiger partial charge on any atom is -0.373 e. The van der Waals surface area contributed by atoms with E-state index in [-0.39, 0.29) is 41.8 Å². The first kappa shape index (κ1) is 16.7. The highest BCUT2D eigenvalue weighted by Crippen LogP contribution is 2.49. The van der Waals surface area contributed by atoms with Crippen LogP contribution in [0.5, 0.6) is 0 Å². The van der Waals surface area contributed by atoms with Gasteiger partial charge in [-0.15, -0.1) is 0 Å². The Bertz CT molecular complexity index is 611. The molecule has 2 bridgehead atoms. The summed E-state index contributed by atoms with van der Waals surface area (Å²) in [6.45, 7) is 5.25. The van der Waals surface area contributed by atoms with E-state index >= 15 is 0 Å². The predicted molar refractivity (Wildman–Crippen MR) is 91.9 cm³/mol. The first-order valence-corrected chi connectivity index (χ1v) is 10.1. The number of amides is 3. The smallest absolute Gasteiger partial charge is 0.245 e. The van der Waals surface area contributed by atoms with Crippen LogP contribution in [0.4, 0.5) is 0 Å². The van der Waals surface area contributed by atoms with Crippen LogP contribution < -0.4 is 5.32 Å². The van der Waals surface area contributed by atoms with Gasteiger partial charge in [0.15, 0.2) is 0 Å². The van der Waals surface area contributed by atoms with Gasteiger partial charge in [-0.1, -0.05) is 0 Å². The van der Waals surface area contributed by atoms with Gasteiger partial charge in [0.05, 0.1) is 24.0 Å². The Labute approximate surface area is 153 Å². The van der Waals surface area contributed by atoms with Crippen molar-refractivity contribution in [2.45, 2.75) is 50.9 Å². The van der Waals surface area contributed by atoms with E-state index in [2.05, 4.69) is 5.32 Å². The minimum atomic E-state index is -0.698. The van der Waals surface area contributed by atoms with Gasteiger partial charge in [0.1, 0.15) is 6.04 Å². The van der Waals surface area contributed by atoms with Crippen LogP contribution >= 0.6 is 0 Å². The first-order chi connectivity index (χ1) is 12.6. The molecule has 5 heterocycles. The van der Waals surface area contributed by atoms with Gasteiger partial charge >= 0.3 is 0 Å². The number of likely N-dealkylation sites (tertiary alicyclic amines) is 2. The molecule has 3 amide bonds. The molecule has 0 saturated carbocycles. The van der Waals surface area contributed by atoms with Crippen LogP contribution in [0.25, 0.3) is 0 Å². The second-order valence-corrected chi connectivity index (χ2v) is 8.65. The maximum absolute atomic E-state index is 13.1. The van der Waals surface area contributed by atoms with Crippen LogP contribution in [0, 0.1) is 23.7 Å². The summed E-state index contributed by atoms with van der Waals surface area (Å²) in [5.74, 6) is 0.119. The molecule has 0 spiro atoms. The van der Waals surface area contributed by atoms with Crippen molar-refractivity contribution in [1.82, 2.24) is 15.1 Å². The largest absolute Gasteiger partial charge is 0.373 e. The second-order valence-electron chi connectivity index (χ2n) is 8.65. The molecule has 0 aromatic heterocycles. The molecule has 7 atom stereocenters. The third-order valence-corrected chi connectivity index (χ3v) is 7.39. The van der Waals surface area contributed by atoms with Crippen LogP contribution in [0.1, 0.15) is 32.6 Å². The maximum atomic E-state index is 13.1. The van der Waals surface area contributed by atoms with E-state index < -0.39 is 6.04 Å². The third kappa shape index (κ3) is 2.29. The molecule has 5 rings (SSSR count). The second kappa shape index (κ2) is 6.02. The summed E-state index contributed by atoms with van der Waals surface area (Å²) in [5.41, 5.74) is 0. The molecule has 7 nitrogen and oxygen atoms in total. The van der Waals surface area contributed by atoms with E-state index in [9.17, 15) is 14.4 Å². The number of carbonyl (C=O) groups is 3. The summed E-state index contributed by atoms with van der Waals surface area (Å²) in [6.07, 6.45) is 3.45. The Hall–Kier alpha value is -1.47. The molecule has 5 fully saturated rings. The zero-order valence-electron chi connectivity index (χ0n) is 15.2. The summed E-state index contributed by atoms with van der Waals surface area (Å²) < 4.78 is 5.77. The third-order valence-electron chi connectivity index (χ3n) is 7.39. The molecule has 7 heteroatoms. The molecule has 5 unspecified atom stereocenters. The molecule has 26 heavy (non-hydrogen) atoms. The quantitative estimate of drug-likeness (QED) is 0.700. The summed E-state index contributed by atoms with van der Waals surface area (Å²) >= 11 is 0. The van der Waals surface area contributed by atoms with Gasteiger partial charge in [0, 0.05) is 13.1 Å². The van der Waals surface area contributed by atoms with Crippen LogP contribution in [0.2, 0.25) is 0 Å². The fraction of sp³-hybridized carbons (Fsp3) is 0.842. The van der Waals surface area contributed by atoms with Gasteiger partial charge in [-0.2, -0.15) is 0 Å². The van der Waals surface area contributed by atoms with Gasteiger partial charge < -0.3 is 15.0 Å². The van der Waals surface area contributed by atoms with Crippen molar-refractivity contribution in [2.75, 3.05) is 26.2 Å². The van der Waals surface area contributed by atoms with Crippen LogP contribution in [0.3, 0.4) is 0 Å². The van der Waals surface area contributed by atoms with Crippen molar-refractivity contribution in [3.63, 3.8) is 0 Å². The number of carbonyl (C=O) groups excluding carboxylic acids is 3. The van der Waals surface area contributed by atoms with E-state index in [0.717, 1.165) is 51.9 Å². The zero-order valence-corrected chi connectivity index (χ0v) is 15.2. The van der Waals surface area contributed by atoms with Crippen molar-refractivity contribution in [3.8, 4) is 0 Å². The van der Waals surface area contributed by atoms with Crippen molar-refractivity contribution >= 4 is 17.7 Å². The molecular formula is C19H27N3O4. The lowest BCUT2D eigenvalue weighted by molar-refractivity contribution is -0.152. The fourth-order valence-electron chi connectivity index (χ4n) is 5.93. The van der Waals surface area contributed by atoms with E-state index in [1.54, 1.807) is 6.92 Å². The maximum Gasteiger partial charge on any atom is 0.245 e. The van der Waals surface area contributed by atoms with Gasteiger partial charge in [-0.3, -0.25) is 19.3 Å². The predicted octanol–water partition coefficient (Wildman–Crippen LogP) is -0.00470. The van der Waals surface area contributed by atoms with Crippen LogP contribution in [-0.2, 0) is 19.1 Å². The molecule has 5 aliphatic heterocycles. The minimum absolute atomic E-state index is 0.0760. The standard InChI is InChI=1S/C19H27N3O4/c1-10(17(23)21-6-4-11-8-20-9-12(11)5-7-21)22-18(24)15-13-2-3-14(26-13)16(15)19(22)25/h10-16,20H,2-9H2,1H3/t10?,11-,12+,13?,14?,15?,16?. The van der Waals surface area contributed by atoms with Gasteiger partial charge in [-0.25, -0.2) is 0 Å². The summed E-state index contributed by atoms with van der Waals surface area (Å²) in [5, 5.41) is 3.44. The number of nitrogens with zero attached hydrogens (tertiary/aromatic N) is 2. The van der Waals surface area contributed by atoms with E-state index in [1.807, 2.05) is 4.90 Å². The molecule has 0 radical (unpaired) electrons. The normalized spacial score (nSPS) is 42.8. The highest BCUT2D eigenvalue weighted by molar-refractivity contribution is 6.09. The van der Waals surface area contributed by atoms with Crippen LogP contribution in [-0.4, -0.2) is 72.0 Å². The summed E-state index contributed by atoms with van der Waals surface area (Å²) in [7, 11) is 0. The highest BCUT2D eigenvalue weighted by Gasteiger charge is 2.63. The van der Waals surface area contributed by atoms with Gasteiger partial charge in [0.25, 0.3) is 0 Å². The molecule has 5 aliphatic rings. The average Bonchev–Trinajstić information content (AvgIpc) is 3.38. The highest BCUT2D eigenvalue weighted by atomic mass is 16.5. The van der Waals surface area contributed by atoms with E-state index in [4.69, 9.17) is 4.74 Å². The molecule has 0 aromatic rings. The van der Waals surface area contributed by atoms with Gasteiger partial charge in [-0.05, 0) is 57.5 Å². The number of nitrogens with one attached hydrogen (secondary N) is 1. The summed E-state index contributed by atoms with van der Waals surface area (Å²) in [4.78, 5) is 42.0. The Morgan fingerprint density at radius 2 is 1.54 bits per heavy atom. The van der Waals surface area contributed by atoms with Crippen LogP contribution in [0.15, 0.2) is 0 Å². The average molecular weight is 361 g/mol. The van der Waals surface area contributed by atoms with Crippen molar-refractivity contribution in [1.29, 1.82) is 0 Å². The first-order valence-electron chi connectivity index (χ1n) is 10.1. The topological polar surface area (TPSA) is 79.0 Å². The zero-order chi connectivity index (χ0) is 18.0. The lowest BCUT2D eigenvalue weighted by Crippen LogP contribution is -2.51. The van der Waals surface area contributed by atoms with Crippen molar-refractivity contribution in [3.05, 3.63) is 0 Å². The molecule has 0 aliphatic carbocycles. The Morgan fingerprint density at radius 3 is 2.08 bits per heavy atom. The van der Waals surface area contributed by atoms with Crippen molar-refractivity contribution < 1.29 is 19.1 Å². The lowest BCUT2D eigenvalue weighted by Gasteiger charge is -2.29. The van der Waals surface area contributed by atoms with Crippen molar-refractivity contribution in [2.24, 2.45) is 23.7 Å². The monoisotopic (exact) mass is 361 g/mol. The molecule has 0 aromatic carbocycles. The van der Waals surface area contributed by atoms with E-state index in [0.29, 0.717) is 11.8 Å². The van der Waals surface area contributed by atoms with Gasteiger partial charge in [0.2, 0.25) is 17.7 Å². The Morgan fingerprint density at radius 1 is 1.00 bits per heavy atom. The molecular weight excluding hydrogens is 334 g/mol. The lowest BCUT2D eigenvalue weighted by atomic mass is 9.81. The number of hydrogen-bond acceptors (Lipinski definition) is 5. The molecule has 5 saturated heterocycles. The van der Waals surface area contributed by atoms with E-state index in [1.165, 1.54) is 4.90 Å².